The van der Waals surface area contributed by atoms with Crippen LogP contribution in [0.2, 0.25) is 0 Å². The first-order chi connectivity index (χ1) is 13.6. The molecule has 2 heterocycles. The van der Waals surface area contributed by atoms with Gasteiger partial charge in [0.1, 0.15) is 5.75 Å². The molecule has 1 atom stereocenters. The van der Waals surface area contributed by atoms with Crippen LogP contribution in [0.3, 0.4) is 0 Å². The number of nitrogens with two attached hydrogens (primary N) is 1. The molecule has 0 saturated carbocycles. The summed E-state index contributed by atoms with van der Waals surface area (Å²) in [6.07, 6.45) is 0. The Kier molecular flexibility index (Phi) is 6.85. The molecular weight excluding hydrogens is 380 g/mol. The summed E-state index contributed by atoms with van der Waals surface area (Å²) in [6, 6.07) is 8.83. The fraction of sp³-hybridized carbons (Fsp3) is 0.368. The molecule has 1 aliphatic rings. The molecule has 1 aromatic carbocycles. The van der Waals surface area contributed by atoms with Crippen molar-refractivity contribution in [2.45, 2.75) is 6.04 Å². The van der Waals surface area contributed by atoms with E-state index in [1.165, 1.54) is 7.11 Å². The van der Waals surface area contributed by atoms with Crippen LogP contribution in [0, 0.1) is 0 Å². The second-order valence-electron chi connectivity index (χ2n) is 6.30. The number of rotatable bonds is 6. The van der Waals surface area contributed by atoms with Crippen LogP contribution in [0.4, 0.5) is 11.4 Å². The van der Waals surface area contributed by atoms with Crippen molar-refractivity contribution in [2.75, 3.05) is 51.0 Å². The predicted octanol–water partition coefficient (Wildman–Crippen LogP) is 1.47. The third-order valence-corrected chi connectivity index (χ3v) is 5.49. The Morgan fingerprint density at radius 3 is 2.75 bits per heavy atom. The number of ether oxygens (including phenoxy) is 2. The van der Waals surface area contributed by atoms with Crippen molar-refractivity contribution >= 4 is 34.5 Å². The minimum absolute atomic E-state index is 0.0114. The molecule has 8 nitrogen and oxygen atoms in total. The Labute approximate surface area is 167 Å². The van der Waals surface area contributed by atoms with E-state index in [1.807, 2.05) is 17.5 Å². The molecule has 3 rings (SSSR count). The third kappa shape index (κ3) is 5.00. The van der Waals surface area contributed by atoms with Crippen LogP contribution < -0.4 is 21.1 Å². The van der Waals surface area contributed by atoms with E-state index in [2.05, 4.69) is 15.5 Å². The van der Waals surface area contributed by atoms with Gasteiger partial charge in [-0.05, 0) is 23.6 Å². The topological polar surface area (TPSA) is 106 Å². The monoisotopic (exact) mass is 404 g/mol. The van der Waals surface area contributed by atoms with Crippen molar-refractivity contribution < 1.29 is 19.1 Å². The molecule has 1 aromatic heterocycles. The Hall–Kier alpha value is -2.62. The fourth-order valence-corrected chi connectivity index (χ4v) is 3.89. The maximum Gasteiger partial charge on any atom is 0.313 e. The molecule has 0 bridgehead atoms. The van der Waals surface area contributed by atoms with E-state index < -0.39 is 11.8 Å². The molecule has 2 aromatic rings. The zero-order valence-corrected chi connectivity index (χ0v) is 16.5. The van der Waals surface area contributed by atoms with Crippen molar-refractivity contribution in [3.63, 3.8) is 0 Å². The second kappa shape index (κ2) is 9.54. The number of morpholine rings is 1. The van der Waals surface area contributed by atoms with Crippen LogP contribution in [0.1, 0.15) is 10.9 Å². The highest BCUT2D eigenvalue weighted by molar-refractivity contribution is 7.10. The Morgan fingerprint density at radius 1 is 1.29 bits per heavy atom. The first-order valence-corrected chi connectivity index (χ1v) is 9.84. The van der Waals surface area contributed by atoms with Gasteiger partial charge in [0, 0.05) is 36.3 Å². The molecule has 0 aliphatic carbocycles. The number of carbonyl (C=O) groups excluding carboxylic acids is 2. The van der Waals surface area contributed by atoms with E-state index in [1.54, 1.807) is 29.5 Å². The Balaban J connectivity index is 1.60. The average molecular weight is 404 g/mol. The largest absolute Gasteiger partial charge is 0.495 e. The summed E-state index contributed by atoms with van der Waals surface area (Å²) in [7, 11) is 1.49. The number of hydrogen-bond donors (Lipinski definition) is 3. The maximum atomic E-state index is 12.3. The zero-order chi connectivity index (χ0) is 19.9. The number of benzene rings is 1. The summed E-state index contributed by atoms with van der Waals surface area (Å²) in [5.41, 5.74) is 6.65. The van der Waals surface area contributed by atoms with Crippen LogP contribution in [-0.4, -0.2) is 56.7 Å². The highest BCUT2D eigenvalue weighted by Gasteiger charge is 2.25. The number of amides is 2. The highest BCUT2D eigenvalue weighted by atomic mass is 32.1. The van der Waals surface area contributed by atoms with E-state index in [9.17, 15) is 9.59 Å². The number of methoxy groups -OCH3 is 1. The summed E-state index contributed by atoms with van der Waals surface area (Å²) in [4.78, 5) is 28.0. The van der Waals surface area contributed by atoms with Gasteiger partial charge in [0.05, 0.1) is 32.1 Å². The number of nitrogens with one attached hydrogen (secondary N) is 2. The number of carbonyl (C=O) groups is 2. The van der Waals surface area contributed by atoms with Crippen molar-refractivity contribution in [3.8, 4) is 5.75 Å². The molecule has 28 heavy (non-hydrogen) atoms. The van der Waals surface area contributed by atoms with Crippen molar-refractivity contribution in [2.24, 2.45) is 0 Å². The number of thiophene rings is 1. The van der Waals surface area contributed by atoms with Crippen molar-refractivity contribution in [3.05, 3.63) is 40.6 Å². The van der Waals surface area contributed by atoms with Gasteiger partial charge in [0.2, 0.25) is 0 Å². The maximum absolute atomic E-state index is 12.3. The van der Waals surface area contributed by atoms with Gasteiger partial charge in [-0.3, -0.25) is 14.5 Å². The molecule has 4 N–H and O–H groups in total. The summed E-state index contributed by atoms with van der Waals surface area (Å²) in [5, 5.41) is 7.32. The summed E-state index contributed by atoms with van der Waals surface area (Å²) in [5.74, 6) is -0.993. The van der Waals surface area contributed by atoms with Gasteiger partial charge in [-0.25, -0.2) is 0 Å². The van der Waals surface area contributed by atoms with Gasteiger partial charge in [-0.15, -0.1) is 11.3 Å². The highest BCUT2D eigenvalue weighted by Crippen LogP contribution is 2.26. The molecule has 1 fully saturated rings. The summed E-state index contributed by atoms with van der Waals surface area (Å²) >= 11 is 1.63. The van der Waals surface area contributed by atoms with Gasteiger partial charge in [0.15, 0.2) is 0 Å². The Bertz CT molecular complexity index is 806. The molecule has 1 unspecified atom stereocenters. The SMILES string of the molecule is COc1cc(NC(=O)C(=O)NCC(c2cccs2)N2CCOCC2)ccc1N. The van der Waals surface area contributed by atoms with Crippen LogP contribution >= 0.6 is 11.3 Å². The van der Waals surface area contributed by atoms with Gasteiger partial charge < -0.3 is 25.8 Å². The summed E-state index contributed by atoms with van der Waals surface area (Å²) < 4.78 is 10.5. The predicted molar refractivity (Wildman–Crippen MR) is 108 cm³/mol. The molecule has 2 amide bonds. The number of nitrogen functional groups attached to an aromatic ring is 1. The van der Waals surface area contributed by atoms with Gasteiger partial charge in [-0.2, -0.15) is 0 Å². The minimum Gasteiger partial charge on any atom is -0.495 e. The average Bonchev–Trinajstić information content (AvgIpc) is 3.24. The van der Waals surface area contributed by atoms with Crippen LogP contribution in [0.25, 0.3) is 0 Å². The fourth-order valence-electron chi connectivity index (χ4n) is 3.03. The molecule has 0 radical (unpaired) electrons. The molecule has 9 heteroatoms. The minimum atomic E-state index is -0.737. The van der Waals surface area contributed by atoms with E-state index in [-0.39, 0.29) is 6.04 Å². The van der Waals surface area contributed by atoms with Gasteiger partial charge in [-0.1, -0.05) is 6.07 Å². The molecule has 1 saturated heterocycles. The van der Waals surface area contributed by atoms with E-state index in [0.717, 1.165) is 18.0 Å². The number of hydrogen-bond acceptors (Lipinski definition) is 7. The molecule has 0 spiro atoms. The van der Waals surface area contributed by atoms with Crippen molar-refractivity contribution in [1.29, 1.82) is 0 Å². The van der Waals surface area contributed by atoms with Gasteiger partial charge in [0.25, 0.3) is 0 Å². The third-order valence-electron chi connectivity index (χ3n) is 4.51. The molecule has 1 aliphatic heterocycles. The van der Waals surface area contributed by atoms with E-state index >= 15 is 0 Å². The summed E-state index contributed by atoms with van der Waals surface area (Å²) in [6.45, 7) is 3.24. The first kappa shape index (κ1) is 20.1. The number of nitrogens with zero attached hydrogens (tertiary/aromatic N) is 1. The Morgan fingerprint density at radius 2 is 2.07 bits per heavy atom. The molecule has 150 valence electrons. The lowest BCUT2D eigenvalue weighted by Crippen LogP contribution is -2.45. The molecular formula is C19H24N4O4S. The normalized spacial score (nSPS) is 15.6. The lowest BCUT2D eigenvalue weighted by molar-refractivity contribution is -0.136. The van der Waals surface area contributed by atoms with E-state index in [0.29, 0.717) is 36.9 Å². The van der Waals surface area contributed by atoms with Crippen molar-refractivity contribution in [1.82, 2.24) is 10.2 Å². The zero-order valence-electron chi connectivity index (χ0n) is 15.6. The van der Waals surface area contributed by atoms with Crippen LogP contribution in [0.5, 0.6) is 5.75 Å². The lowest BCUT2D eigenvalue weighted by atomic mass is 10.2. The first-order valence-electron chi connectivity index (χ1n) is 8.96. The van der Waals surface area contributed by atoms with Gasteiger partial charge >= 0.3 is 11.8 Å². The smallest absolute Gasteiger partial charge is 0.313 e. The standard InChI is InChI=1S/C19H24N4O4S/c1-26-16-11-13(4-5-14(16)20)22-19(25)18(24)21-12-15(17-3-2-10-28-17)23-6-8-27-9-7-23/h2-5,10-11,15H,6-9,12,20H2,1H3,(H,21,24)(H,22,25). The lowest BCUT2D eigenvalue weighted by Gasteiger charge is -2.34. The quantitative estimate of drug-likeness (QED) is 0.497. The second-order valence-corrected chi connectivity index (χ2v) is 7.28. The van der Waals surface area contributed by atoms with Crippen LogP contribution in [-0.2, 0) is 14.3 Å². The number of anilines is 2. The van der Waals surface area contributed by atoms with Crippen LogP contribution in [0.15, 0.2) is 35.7 Å². The van der Waals surface area contributed by atoms with E-state index in [4.69, 9.17) is 15.2 Å².